The number of rotatable bonds is 1. The van der Waals surface area contributed by atoms with Crippen LogP contribution in [0.5, 0.6) is 0 Å². The first-order chi connectivity index (χ1) is 6.31. The smallest absolute Gasteiger partial charge is 0.152 e. The number of nitrogens with one attached hydrogen (secondary N) is 1. The number of anilines is 2. The first-order valence-corrected chi connectivity index (χ1v) is 3.86. The third kappa shape index (κ3) is 1.27. The molecule has 0 atom stereocenters. The van der Waals surface area contributed by atoms with Crippen LogP contribution in [0.15, 0.2) is 30.3 Å². The van der Waals surface area contributed by atoms with Crippen LogP contribution in [0.4, 0.5) is 11.6 Å². The van der Waals surface area contributed by atoms with Gasteiger partial charge in [-0.25, -0.2) is 4.98 Å². The third-order valence-electron chi connectivity index (χ3n) is 1.88. The molecule has 66 valence electrons. The summed E-state index contributed by atoms with van der Waals surface area (Å²) in [4.78, 5) is 3.94. The Balaban J connectivity index is 2.77. The average molecular weight is 175 g/mol. The highest BCUT2D eigenvalue weighted by atomic mass is 16.5. The number of benzene rings is 1. The maximum Gasteiger partial charge on any atom is 0.152 e. The maximum atomic E-state index is 8.65. The summed E-state index contributed by atoms with van der Waals surface area (Å²) in [6.45, 7) is 0. The SMILES string of the molecule is Nc1nc(NO)cc2ccccc12. The summed E-state index contributed by atoms with van der Waals surface area (Å²) in [5.41, 5.74) is 7.64. The Morgan fingerprint density at radius 2 is 2.08 bits per heavy atom. The standard InChI is InChI=1S/C9H9N3O/c10-9-7-4-2-1-3-6(7)5-8(11-9)12-13/h1-5,13H,(H3,10,11,12). The number of nitrogen functional groups attached to an aromatic ring is 1. The highest BCUT2D eigenvalue weighted by molar-refractivity contribution is 5.92. The molecule has 0 bridgehead atoms. The predicted molar refractivity (Wildman–Crippen MR) is 51.6 cm³/mol. The van der Waals surface area contributed by atoms with E-state index in [0.29, 0.717) is 11.6 Å². The van der Waals surface area contributed by atoms with E-state index in [4.69, 9.17) is 10.9 Å². The third-order valence-corrected chi connectivity index (χ3v) is 1.88. The number of fused-ring (bicyclic) bond motifs is 1. The molecule has 0 aliphatic carbocycles. The van der Waals surface area contributed by atoms with E-state index >= 15 is 0 Å². The van der Waals surface area contributed by atoms with Crippen molar-refractivity contribution in [3.8, 4) is 0 Å². The molecule has 1 aromatic heterocycles. The van der Waals surface area contributed by atoms with Gasteiger partial charge in [-0.3, -0.25) is 10.7 Å². The molecule has 0 aliphatic heterocycles. The Morgan fingerprint density at radius 3 is 2.85 bits per heavy atom. The Kier molecular flexibility index (Phi) is 1.75. The lowest BCUT2D eigenvalue weighted by Gasteiger charge is -2.03. The Labute approximate surface area is 75.0 Å². The predicted octanol–water partition coefficient (Wildman–Crippen LogP) is 1.62. The molecule has 4 heteroatoms. The van der Waals surface area contributed by atoms with E-state index in [9.17, 15) is 0 Å². The molecule has 1 heterocycles. The zero-order chi connectivity index (χ0) is 9.26. The van der Waals surface area contributed by atoms with Gasteiger partial charge in [-0.1, -0.05) is 24.3 Å². The van der Waals surface area contributed by atoms with Gasteiger partial charge in [0, 0.05) is 5.39 Å². The molecule has 13 heavy (non-hydrogen) atoms. The number of nitrogens with zero attached hydrogens (tertiary/aromatic N) is 1. The summed E-state index contributed by atoms with van der Waals surface area (Å²) in [6.07, 6.45) is 0. The second-order valence-corrected chi connectivity index (χ2v) is 2.73. The molecule has 0 fully saturated rings. The van der Waals surface area contributed by atoms with Gasteiger partial charge in [-0.05, 0) is 11.5 Å². The lowest BCUT2D eigenvalue weighted by Crippen LogP contribution is -1.97. The summed E-state index contributed by atoms with van der Waals surface area (Å²) in [5.74, 6) is 0.769. The number of aromatic nitrogens is 1. The lowest BCUT2D eigenvalue weighted by atomic mass is 10.1. The zero-order valence-corrected chi connectivity index (χ0v) is 6.86. The van der Waals surface area contributed by atoms with E-state index in [2.05, 4.69) is 4.98 Å². The minimum atomic E-state index is 0.358. The second kappa shape index (κ2) is 2.91. The molecule has 0 amide bonds. The number of pyridine rings is 1. The molecule has 0 saturated heterocycles. The molecule has 2 aromatic rings. The topological polar surface area (TPSA) is 71.2 Å². The van der Waals surface area contributed by atoms with Crippen LogP contribution in [0.3, 0.4) is 0 Å². The monoisotopic (exact) mass is 175 g/mol. The largest absolute Gasteiger partial charge is 0.383 e. The van der Waals surface area contributed by atoms with Crippen LogP contribution in [0.2, 0.25) is 0 Å². The molecule has 4 N–H and O–H groups in total. The van der Waals surface area contributed by atoms with Crippen LogP contribution in [-0.4, -0.2) is 10.2 Å². The Hall–Kier alpha value is -1.81. The van der Waals surface area contributed by atoms with Crippen molar-refractivity contribution >= 4 is 22.4 Å². The molecule has 1 aromatic carbocycles. The number of hydrogen-bond acceptors (Lipinski definition) is 4. The van der Waals surface area contributed by atoms with Gasteiger partial charge < -0.3 is 5.73 Å². The summed E-state index contributed by atoms with van der Waals surface area (Å²) in [7, 11) is 0. The van der Waals surface area contributed by atoms with E-state index in [-0.39, 0.29) is 0 Å². The van der Waals surface area contributed by atoms with Crippen molar-refractivity contribution in [1.29, 1.82) is 0 Å². The molecule has 0 radical (unpaired) electrons. The maximum absolute atomic E-state index is 8.65. The van der Waals surface area contributed by atoms with Crippen LogP contribution in [0, 0.1) is 0 Å². The van der Waals surface area contributed by atoms with Gasteiger partial charge in [-0.15, -0.1) is 0 Å². The van der Waals surface area contributed by atoms with Crippen molar-refractivity contribution in [2.75, 3.05) is 11.2 Å². The quantitative estimate of drug-likeness (QED) is 0.576. The van der Waals surface area contributed by atoms with Crippen molar-refractivity contribution in [3.63, 3.8) is 0 Å². The minimum Gasteiger partial charge on any atom is -0.383 e. The molecular weight excluding hydrogens is 166 g/mol. The van der Waals surface area contributed by atoms with E-state index in [1.165, 1.54) is 0 Å². The molecule has 0 unspecified atom stereocenters. The summed E-state index contributed by atoms with van der Waals surface area (Å²) in [6, 6.07) is 9.33. The highest BCUT2D eigenvalue weighted by Gasteiger charge is 2.00. The summed E-state index contributed by atoms with van der Waals surface area (Å²) < 4.78 is 0. The number of hydrogen-bond donors (Lipinski definition) is 3. The minimum absolute atomic E-state index is 0.358. The summed E-state index contributed by atoms with van der Waals surface area (Å²) in [5, 5.41) is 10.5. The van der Waals surface area contributed by atoms with Crippen molar-refractivity contribution in [1.82, 2.24) is 4.98 Å². The molecule has 2 rings (SSSR count). The molecule has 0 saturated carbocycles. The van der Waals surface area contributed by atoms with E-state index in [1.54, 1.807) is 6.07 Å². The van der Waals surface area contributed by atoms with Gasteiger partial charge in [0.15, 0.2) is 5.82 Å². The molecular formula is C9H9N3O. The van der Waals surface area contributed by atoms with E-state index < -0.39 is 0 Å². The Morgan fingerprint density at radius 1 is 1.31 bits per heavy atom. The normalized spacial score (nSPS) is 10.2. The van der Waals surface area contributed by atoms with Crippen LogP contribution in [-0.2, 0) is 0 Å². The van der Waals surface area contributed by atoms with Crippen LogP contribution in [0.25, 0.3) is 10.8 Å². The first kappa shape index (κ1) is 7.82. The van der Waals surface area contributed by atoms with Crippen LogP contribution in [0.1, 0.15) is 0 Å². The zero-order valence-electron chi connectivity index (χ0n) is 6.86. The highest BCUT2D eigenvalue weighted by Crippen LogP contribution is 2.21. The van der Waals surface area contributed by atoms with Crippen molar-refractivity contribution in [2.45, 2.75) is 0 Å². The second-order valence-electron chi connectivity index (χ2n) is 2.73. The lowest BCUT2D eigenvalue weighted by molar-refractivity contribution is 0.386. The molecule has 0 aliphatic rings. The van der Waals surface area contributed by atoms with Gasteiger partial charge in [0.05, 0.1) is 0 Å². The van der Waals surface area contributed by atoms with Gasteiger partial charge in [0.2, 0.25) is 0 Å². The van der Waals surface area contributed by atoms with E-state index in [0.717, 1.165) is 10.8 Å². The van der Waals surface area contributed by atoms with E-state index in [1.807, 2.05) is 29.7 Å². The number of nitrogens with two attached hydrogens (primary N) is 1. The van der Waals surface area contributed by atoms with Crippen LogP contribution < -0.4 is 11.2 Å². The first-order valence-electron chi connectivity index (χ1n) is 3.86. The van der Waals surface area contributed by atoms with Gasteiger partial charge in [-0.2, -0.15) is 0 Å². The van der Waals surface area contributed by atoms with Crippen molar-refractivity contribution in [3.05, 3.63) is 30.3 Å². The van der Waals surface area contributed by atoms with Crippen molar-refractivity contribution in [2.24, 2.45) is 0 Å². The fraction of sp³-hybridized carbons (Fsp3) is 0. The van der Waals surface area contributed by atoms with Gasteiger partial charge in [0.1, 0.15) is 5.82 Å². The summed E-state index contributed by atoms with van der Waals surface area (Å²) >= 11 is 0. The molecule has 0 spiro atoms. The fourth-order valence-electron chi connectivity index (χ4n) is 1.28. The fourth-order valence-corrected chi connectivity index (χ4v) is 1.28. The Bertz CT molecular complexity index is 442. The average Bonchev–Trinajstić information content (AvgIpc) is 2.18. The van der Waals surface area contributed by atoms with Gasteiger partial charge >= 0.3 is 0 Å². The molecule has 4 nitrogen and oxygen atoms in total. The van der Waals surface area contributed by atoms with Gasteiger partial charge in [0.25, 0.3) is 0 Å². The van der Waals surface area contributed by atoms with Crippen molar-refractivity contribution < 1.29 is 5.21 Å². The van der Waals surface area contributed by atoms with Crippen LogP contribution >= 0.6 is 0 Å².